The maximum atomic E-state index is 11.7. The number of hydrogen-bond acceptors (Lipinski definition) is 3. The second-order valence-electron chi connectivity index (χ2n) is 4.83. The monoisotopic (exact) mass is 238 g/mol. The lowest BCUT2D eigenvalue weighted by Gasteiger charge is -2.19. The molecule has 0 bridgehead atoms. The Morgan fingerprint density at radius 2 is 2.18 bits per heavy atom. The molecule has 1 N–H and O–H groups in total. The van der Waals surface area contributed by atoms with Crippen LogP contribution in [0.5, 0.6) is 0 Å². The molecule has 0 radical (unpaired) electrons. The van der Waals surface area contributed by atoms with E-state index in [-0.39, 0.29) is 5.91 Å². The Morgan fingerprint density at radius 3 is 2.71 bits per heavy atom. The summed E-state index contributed by atoms with van der Waals surface area (Å²) in [5, 5.41) is 11.7. The molecule has 1 aliphatic rings. The van der Waals surface area contributed by atoms with Gasteiger partial charge in [0.05, 0.1) is 18.8 Å². The van der Waals surface area contributed by atoms with Crippen LogP contribution in [-0.4, -0.2) is 25.2 Å². The van der Waals surface area contributed by atoms with Crippen molar-refractivity contribution < 1.29 is 9.53 Å². The predicted molar refractivity (Wildman–Crippen MR) is 65.2 cm³/mol. The van der Waals surface area contributed by atoms with E-state index in [1.807, 2.05) is 6.92 Å². The molecule has 4 nitrogen and oxygen atoms in total. The third kappa shape index (κ3) is 4.01. The molecule has 1 unspecified atom stereocenters. The minimum absolute atomic E-state index is 0.197. The predicted octanol–water partition coefficient (Wildman–Crippen LogP) is 2.00. The van der Waals surface area contributed by atoms with Gasteiger partial charge >= 0.3 is 0 Å². The third-order valence-electron chi connectivity index (χ3n) is 3.50. The van der Waals surface area contributed by atoms with Gasteiger partial charge in [-0.25, -0.2) is 0 Å². The summed E-state index contributed by atoms with van der Waals surface area (Å²) in [4.78, 5) is 11.7. The van der Waals surface area contributed by atoms with Gasteiger partial charge in [-0.3, -0.25) is 4.79 Å². The first-order valence-corrected chi connectivity index (χ1v) is 6.43. The van der Waals surface area contributed by atoms with E-state index in [1.54, 1.807) is 6.92 Å². The fourth-order valence-corrected chi connectivity index (χ4v) is 1.93. The maximum absolute atomic E-state index is 11.7. The smallest absolute Gasteiger partial charge is 0.240 e. The molecule has 96 valence electrons. The fraction of sp³-hybridized carbons (Fsp3) is 0.846. The Morgan fingerprint density at radius 1 is 1.53 bits per heavy atom. The van der Waals surface area contributed by atoms with E-state index < -0.39 is 5.41 Å². The molecule has 17 heavy (non-hydrogen) atoms. The Labute approximate surface area is 103 Å². The largest absolute Gasteiger partial charge is 0.376 e. The summed E-state index contributed by atoms with van der Waals surface area (Å²) in [5.74, 6) is -0.197. The summed E-state index contributed by atoms with van der Waals surface area (Å²) < 4.78 is 5.64. The number of carbonyl (C=O) groups excluding carboxylic acids is 1. The quantitative estimate of drug-likeness (QED) is 0.720. The van der Waals surface area contributed by atoms with Gasteiger partial charge in [-0.1, -0.05) is 19.8 Å². The number of ether oxygens (including phenoxy) is 1. The standard InChI is InChI=1S/C13H22N2O2/c1-3-13(2,10-14)12(16)15-8-9-17-11-6-4-5-7-11/h11H,3-9H2,1-2H3,(H,15,16). The van der Waals surface area contributed by atoms with Crippen molar-refractivity contribution >= 4 is 5.91 Å². The van der Waals surface area contributed by atoms with Gasteiger partial charge in [0.2, 0.25) is 5.91 Å². The Bertz CT molecular complexity index is 292. The molecule has 1 fully saturated rings. The van der Waals surface area contributed by atoms with Crippen LogP contribution in [0.15, 0.2) is 0 Å². The van der Waals surface area contributed by atoms with E-state index in [4.69, 9.17) is 10.00 Å². The zero-order chi connectivity index (χ0) is 12.7. The minimum Gasteiger partial charge on any atom is -0.376 e. The highest BCUT2D eigenvalue weighted by molar-refractivity contribution is 5.84. The summed E-state index contributed by atoms with van der Waals surface area (Å²) >= 11 is 0. The molecule has 0 aromatic rings. The summed E-state index contributed by atoms with van der Waals surface area (Å²) in [7, 11) is 0. The van der Waals surface area contributed by atoms with Crippen molar-refractivity contribution in [3.63, 3.8) is 0 Å². The third-order valence-corrected chi connectivity index (χ3v) is 3.50. The molecule has 1 aliphatic carbocycles. The van der Waals surface area contributed by atoms with Crippen LogP contribution in [0, 0.1) is 16.7 Å². The van der Waals surface area contributed by atoms with Crippen molar-refractivity contribution in [3.05, 3.63) is 0 Å². The van der Waals surface area contributed by atoms with E-state index in [0.29, 0.717) is 25.7 Å². The minimum atomic E-state index is -0.909. The number of rotatable bonds is 6. The molecular formula is C13H22N2O2. The van der Waals surface area contributed by atoms with Crippen LogP contribution in [0.1, 0.15) is 46.0 Å². The highest BCUT2D eigenvalue weighted by Gasteiger charge is 2.30. The van der Waals surface area contributed by atoms with Gasteiger partial charge in [-0.2, -0.15) is 5.26 Å². The lowest BCUT2D eigenvalue weighted by atomic mass is 9.88. The molecule has 0 heterocycles. The van der Waals surface area contributed by atoms with E-state index in [0.717, 1.165) is 12.8 Å². The SMILES string of the molecule is CCC(C)(C#N)C(=O)NCCOC1CCCC1. The average molecular weight is 238 g/mol. The van der Waals surface area contributed by atoms with Gasteiger partial charge in [0.1, 0.15) is 5.41 Å². The van der Waals surface area contributed by atoms with Gasteiger partial charge in [0.25, 0.3) is 0 Å². The Kier molecular flexibility index (Phi) is 5.43. The van der Waals surface area contributed by atoms with Crippen molar-refractivity contribution in [1.82, 2.24) is 5.32 Å². The van der Waals surface area contributed by atoms with Crippen molar-refractivity contribution in [2.24, 2.45) is 5.41 Å². The van der Waals surface area contributed by atoms with Gasteiger partial charge in [-0.05, 0) is 26.2 Å². The first-order chi connectivity index (χ1) is 8.12. The first kappa shape index (κ1) is 14.0. The lowest BCUT2D eigenvalue weighted by Crippen LogP contribution is -2.39. The normalized spacial score (nSPS) is 19.6. The summed E-state index contributed by atoms with van der Waals surface area (Å²) in [6, 6.07) is 2.06. The van der Waals surface area contributed by atoms with E-state index in [9.17, 15) is 4.79 Å². The number of carbonyl (C=O) groups is 1. The molecule has 0 saturated heterocycles. The molecule has 0 aliphatic heterocycles. The number of amides is 1. The zero-order valence-corrected chi connectivity index (χ0v) is 10.8. The zero-order valence-electron chi connectivity index (χ0n) is 10.8. The average Bonchev–Trinajstić information content (AvgIpc) is 2.86. The van der Waals surface area contributed by atoms with Crippen LogP contribution in [0.4, 0.5) is 0 Å². The number of nitriles is 1. The molecule has 0 aromatic carbocycles. The van der Waals surface area contributed by atoms with Crippen LogP contribution in [0.25, 0.3) is 0 Å². The highest BCUT2D eigenvalue weighted by atomic mass is 16.5. The topological polar surface area (TPSA) is 62.1 Å². The van der Waals surface area contributed by atoms with Crippen LogP contribution in [0.2, 0.25) is 0 Å². The highest BCUT2D eigenvalue weighted by Crippen LogP contribution is 2.21. The Hall–Kier alpha value is -1.08. The summed E-state index contributed by atoms with van der Waals surface area (Å²) in [5.41, 5.74) is -0.909. The molecule has 1 rings (SSSR count). The van der Waals surface area contributed by atoms with Crippen LogP contribution < -0.4 is 5.32 Å². The lowest BCUT2D eigenvalue weighted by molar-refractivity contribution is -0.127. The fourth-order valence-electron chi connectivity index (χ4n) is 1.93. The van der Waals surface area contributed by atoms with Crippen LogP contribution in [0.3, 0.4) is 0 Å². The van der Waals surface area contributed by atoms with E-state index in [2.05, 4.69) is 11.4 Å². The van der Waals surface area contributed by atoms with Crippen LogP contribution >= 0.6 is 0 Å². The van der Waals surface area contributed by atoms with Crippen molar-refractivity contribution in [2.75, 3.05) is 13.2 Å². The Balaban J connectivity index is 2.17. The second kappa shape index (κ2) is 6.61. The van der Waals surface area contributed by atoms with Gasteiger partial charge in [0.15, 0.2) is 0 Å². The summed E-state index contributed by atoms with van der Waals surface area (Å²) in [6.07, 6.45) is 5.68. The molecule has 4 heteroatoms. The molecule has 0 aromatic heterocycles. The number of hydrogen-bond donors (Lipinski definition) is 1. The molecule has 1 saturated carbocycles. The van der Waals surface area contributed by atoms with Crippen molar-refractivity contribution in [1.29, 1.82) is 5.26 Å². The van der Waals surface area contributed by atoms with Gasteiger partial charge < -0.3 is 10.1 Å². The van der Waals surface area contributed by atoms with E-state index in [1.165, 1.54) is 12.8 Å². The van der Waals surface area contributed by atoms with E-state index >= 15 is 0 Å². The molecule has 0 spiro atoms. The molecular weight excluding hydrogens is 216 g/mol. The number of nitrogens with one attached hydrogen (secondary N) is 1. The summed E-state index contributed by atoms with van der Waals surface area (Å²) in [6.45, 7) is 4.55. The molecule has 1 amide bonds. The maximum Gasteiger partial charge on any atom is 0.240 e. The van der Waals surface area contributed by atoms with Crippen molar-refractivity contribution in [2.45, 2.75) is 52.1 Å². The first-order valence-electron chi connectivity index (χ1n) is 6.43. The molecule has 1 atom stereocenters. The van der Waals surface area contributed by atoms with Crippen LogP contribution in [-0.2, 0) is 9.53 Å². The van der Waals surface area contributed by atoms with Gasteiger partial charge in [-0.15, -0.1) is 0 Å². The number of nitrogens with zero attached hydrogens (tertiary/aromatic N) is 1. The van der Waals surface area contributed by atoms with Crippen molar-refractivity contribution in [3.8, 4) is 6.07 Å². The van der Waals surface area contributed by atoms with Gasteiger partial charge in [0, 0.05) is 6.54 Å². The second-order valence-corrected chi connectivity index (χ2v) is 4.83.